The summed E-state index contributed by atoms with van der Waals surface area (Å²) in [6.07, 6.45) is 2.43. The van der Waals surface area contributed by atoms with E-state index in [4.69, 9.17) is 0 Å². The highest BCUT2D eigenvalue weighted by Crippen LogP contribution is 2.17. The Kier molecular flexibility index (Phi) is 12.4. The number of nitrogens with one attached hydrogen (secondary N) is 2. The average molecular weight is 248 g/mol. The summed E-state index contributed by atoms with van der Waals surface area (Å²) in [7, 11) is 2.87. The van der Waals surface area contributed by atoms with Gasteiger partial charge < -0.3 is 10.6 Å². The predicted molar refractivity (Wildman–Crippen MR) is 68.3 cm³/mol. The van der Waals surface area contributed by atoms with Gasteiger partial charge in [-0.3, -0.25) is 9.59 Å². The molecule has 0 spiro atoms. The lowest BCUT2D eigenvalue weighted by Crippen LogP contribution is -2.21. The molecule has 0 aliphatic heterocycles. The maximum absolute atomic E-state index is 10.7. The smallest absolute Gasteiger partial charge is 0.244 e. The molecule has 0 unspecified atom stereocenters. The third-order valence-electron chi connectivity index (χ3n) is 1.06. The molecule has 0 atom stereocenters. The van der Waals surface area contributed by atoms with Crippen LogP contribution in [0.3, 0.4) is 0 Å². The first-order chi connectivity index (χ1) is 6.70. The molecule has 0 aromatic rings. The minimum absolute atomic E-state index is 0. The molecule has 0 bridgehead atoms. The summed E-state index contributed by atoms with van der Waals surface area (Å²) < 4.78 is 0. The fourth-order valence-electron chi connectivity index (χ4n) is 0.429. The van der Waals surface area contributed by atoms with Gasteiger partial charge in [0.25, 0.3) is 0 Å². The van der Waals surface area contributed by atoms with Gasteiger partial charge in [0, 0.05) is 0 Å². The molecule has 0 fully saturated rings. The van der Waals surface area contributed by atoms with Crippen LogP contribution in [0.15, 0.2) is 25.3 Å². The van der Waals surface area contributed by atoms with E-state index >= 15 is 0 Å². The van der Waals surface area contributed by atoms with Crippen molar-refractivity contribution in [2.45, 2.75) is 7.43 Å². The Hall–Kier alpha value is -0.880. The number of hydrogen-bond donors (Lipinski definition) is 2. The van der Waals surface area contributed by atoms with Crippen molar-refractivity contribution in [1.29, 1.82) is 0 Å². The second-order valence-electron chi connectivity index (χ2n) is 2.01. The zero-order valence-electron chi connectivity index (χ0n) is 7.62. The Morgan fingerprint density at radius 3 is 1.60 bits per heavy atom. The summed E-state index contributed by atoms with van der Waals surface area (Å²) in [5, 5.41) is 5.17. The molecule has 0 aliphatic rings. The van der Waals surface area contributed by atoms with Crippen molar-refractivity contribution < 1.29 is 9.59 Å². The van der Waals surface area contributed by atoms with E-state index in [0.29, 0.717) is 11.8 Å². The molecule has 86 valence electrons. The lowest BCUT2D eigenvalue weighted by molar-refractivity contribution is -0.116. The SMILES string of the molecule is C.C=CC(=O)NCSSCNC(=O)C=C. The van der Waals surface area contributed by atoms with Gasteiger partial charge in [0.05, 0.1) is 11.8 Å². The summed E-state index contributed by atoms with van der Waals surface area (Å²) in [5.41, 5.74) is 0. The molecular weight excluding hydrogens is 232 g/mol. The molecule has 2 N–H and O–H groups in total. The van der Waals surface area contributed by atoms with E-state index in [1.54, 1.807) is 0 Å². The van der Waals surface area contributed by atoms with Crippen molar-refractivity contribution in [3.05, 3.63) is 25.3 Å². The molecule has 0 aromatic carbocycles. The van der Waals surface area contributed by atoms with Crippen molar-refractivity contribution in [1.82, 2.24) is 10.6 Å². The van der Waals surface area contributed by atoms with E-state index in [0.717, 1.165) is 0 Å². The van der Waals surface area contributed by atoms with Crippen LogP contribution in [0.4, 0.5) is 0 Å². The van der Waals surface area contributed by atoms with Gasteiger partial charge in [-0.15, -0.1) is 0 Å². The van der Waals surface area contributed by atoms with Gasteiger partial charge >= 0.3 is 0 Å². The first-order valence-electron chi connectivity index (χ1n) is 3.75. The number of amides is 2. The predicted octanol–water partition coefficient (Wildman–Crippen LogP) is 1.52. The first-order valence-corrected chi connectivity index (χ1v) is 6.24. The molecule has 0 aromatic heterocycles. The van der Waals surface area contributed by atoms with Crippen LogP contribution in [-0.4, -0.2) is 23.6 Å². The van der Waals surface area contributed by atoms with Crippen LogP contribution in [0, 0.1) is 0 Å². The van der Waals surface area contributed by atoms with Crippen LogP contribution in [0.5, 0.6) is 0 Å². The van der Waals surface area contributed by atoms with Crippen molar-refractivity contribution in [2.24, 2.45) is 0 Å². The molecule has 2 amide bonds. The third-order valence-corrected chi connectivity index (χ3v) is 2.96. The fraction of sp³-hybridized carbons (Fsp3) is 0.333. The summed E-state index contributed by atoms with van der Waals surface area (Å²) in [6.45, 7) is 6.63. The van der Waals surface area contributed by atoms with Gasteiger partial charge in [-0.05, 0) is 12.2 Å². The topological polar surface area (TPSA) is 58.2 Å². The monoisotopic (exact) mass is 248 g/mol. The highest BCUT2D eigenvalue weighted by atomic mass is 33.1. The van der Waals surface area contributed by atoms with E-state index in [-0.39, 0.29) is 19.2 Å². The van der Waals surface area contributed by atoms with Crippen LogP contribution in [0.1, 0.15) is 7.43 Å². The number of rotatable bonds is 7. The van der Waals surface area contributed by atoms with Gasteiger partial charge in [0.2, 0.25) is 11.8 Å². The summed E-state index contributed by atoms with van der Waals surface area (Å²) in [5.74, 6) is 0.570. The van der Waals surface area contributed by atoms with Gasteiger partial charge in [-0.25, -0.2) is 0 Å². The molecule has 0 aliphatic carbocycles. The van der Waals surface area contributed by atoms with E-state index < -0.39 is 0 Å². The van der Waals surface area contributed by atoms with Crippen LogP contribution in [-0.2, 0) is 9.59 Å². The lowest BCUT2D eigenvalue weighted by atomic mass is 10.6. The van der Waals surface area contributed by atoms with Crippen LogP contribution >= 0.6 is 21.6 Å². The molecule has 0 radical (unpaired) electrons. The third kappa shape index (κ3) is 11.0. The van der Waals surface area contributed by atoms with Crippen molar-refractivity contribution >= 4 is 33.4 Å². The van der Waals surface area contributed by atoms with Gasteiger partial charge in [-0.2, -0.15) is 0 Å². The summed E-state index contributed by atoms with van der Waals surface area (Å²) in [4.78, 5) is 21.3. The molecule has 0 saturated carbocycles. The van der Waals surface area contributed by atoms with Gasteiger partial charge in [0.15, 0.2) is 0 Å². The zero-order chi connectivity index (χ0) is 10.8. The van der Waals surface area contributed by atoms with Crippen molar-refractivity contribution in [3.8, 4) is 0 Å². The Morgan fingerprint density at radius 2 is 1.33 bits per heavy atom. The van der Waals surface area contributed by atoms with Crippen molar-refractivity contribution in [2.75, 3.05) is 11.8 Å². The second-order valence-corrected chi connectivity index (χ2v) is 4.48. The number of carbonyl (C=O) groups excluding carboxylic acids is 2. The first kappa shape index (κ1) is 16.5. The molecule has 0 saturated heterocycles. The van der Waals surface area contributed by atoms with Gasteiger partial charge in [-0.1, -0.05) is 42.2 Å². The largest absolute Gasteiger partial charge is 0.343 e. The van der Waals surface area contributed by atoms with E-state index in [9.17, 15) is 9.59 Å². The average Bonchev–Trinajstić information content (AvgIpc) is 2.22. The van der Waals surface area contributed by atoms with E-state index in [2.05, 4.69) is 23.8 Å². The maximum atomic E-state index is 10.7. The molecular formula is C9H16N2O2S2. The molecule has 0 heterocycles. The number of carbonyl (C=O) groups is 2. The van der Waals surface area contributed by atoms with Crippen LogP contribution < -0.4 is 10.6 Å². The maximum Gasteiger partial charge on any atom is 0.244 e. The molecule has 4 nitrogen and oxygen atoms in total. The van der Waals surface area contributed by atoms with Crippen LogP contribution in [0.25, 0.3) is 0 Å². The van der Waals surface area contributed by atoms with E-state index in [1.165, 1.54) is 33.7 Å². The Balaban J connectivity index is 0. The fourth-order valence-corrected chi connectivity index (χ4v) is 1.85. The molecule has 15 heavy (non-hydrogen) atoms. The van der Waals surface area contributed by atoms with Gasteiger partial charge in [0.1, 0.15) is 0 Å². The zero-order valence-corrected chi connectivity index (χ0v) is 9.25. The Bertz CT molecular complexity index is 208. The standard InChI is InChI=1S/C8H12N2O2S2.CH4/c1-3-7(11)9-5-13-14-6-10-8(12)4-2;/h3-4H,1-2,5-6H2,(H,9,11)(H,10,12);1H4. The highest BCUT2D eigenvalue weighted by Gasteiger charge is 1.95. The van der Waals surface area contributed by atoms with Crippen molar-refractivity contribution in [3.63, 3.8) is 0 Å². The minimum Gasteiger partial charge on any atom is -0.343 e. The Labute approximate surface area is 98.4 Å². The quantitative estimate of drug-likeness (QED) is 0.310. The normalized spacial score (nSPS) is 8.27. The molecule has 6 heteroatoms. The number of hydrogen-bond acceptors (Lipinski definition) is 4. The summed E-state index contributed by atoms with van der Waals surface area (Å²) in [6, 6.07) is 0. The van der Waals surface area contributed by atoms with E-state index in [1.807, 2.05) is 0 Å². The lowest BCUT2D eigenvalue weighted by Gasteiger charge is -2.02. The minimum atomic E-state index is -0.201. The highest BCUT2D eigenvalue weighted by molar-refractivity contribution is 8.76. The molecule has 0 rings (SSSR count). The Morgan fingerprint density at radius 1 is 1.00 bits per heavy atom. The summed E-state index contributed by atoms with van der Waals surface area (Å²) >= 11 is 0. The van der Waals surface area contributed by atoms with Crippen LogP contribution in [0.2, 0.25) is 0 Å². The second kappa shape index (κ2) is 11.2.